The van der Waals surface area contributed by atoms with E-state index in [1.165, 1.54) is 0 Å². The lowest BCUT2D eigenvalue weighted by atomic mass is 9.98. The number of nitrogens with one attached hydrogen (secondary N) is 1. The Kier molecular flexibility index (Phi) is 4.73. The van der Waals surface area contributed by atoms with E-state index in [4.69, 9.17) is 4.74 Å². The summed E-state index contributed by atoms with van der Waals surface area (Å²) in [5.74, 6) is 0. The lowest BCUT2D eigenvalue weighted by Crippen LogP contribution is -2.42. The van der Waals surface area contributed by atoms with E-state index < -0.39 is 12.2 Å². The van der Waals surface area contributed by atoms with Crippen molar-refractivity contribution in [3.63, 3.8) is 0 Å². The fourth-order valence-corrected chi connectivity index (χ4v) is 1.43. The minimum Gasteiger partial charge on any atom is -0.390 e. The van der Waals surface area contributed by atoms with Gasteiger partial charge in [-0.15, -0.1) is 0 Å². The fraction of sp³-hybridized carbons (Fsp3) is 1.00. The number of hydrogen-bond acceptors (Lipinski definition) is 4. The molecular formula is C8H17BNO3. The van der Waals surface area contributed by atoms with Gasteiger partial charge in [0.2, 0.25) is 7.41 Å². The van der Waals surface area contributed by atoms with Gasteiger partial charge in [-0.3, -0.25) is 0 Å². The van der Waals surface area contributed by atoms with Gasteiger partial charge in [-0.2, -0.15) is 0 Å². The highest BCUT2D eigenvalue weighted by atomic mass is 16.5. The summed E-state index contributed by atoms with van der Waals surface area (Å²) in [5.41, 5.74) is 0. The summed E-state index contributed by atoms with van der Waals surface area (Å²) in [7, 11) is 1.88. The van der Waals surface area contributed by atoms with Crippen LogP contribution < -0.4 is 5.23 Å². The summed E-state index contributed by atoms with van der Waals surface area (Å²) in [5, 5.41) is 21.6. The van der Waals surface area contributed by atoms with Crippen molar-refractivity contribution < 1.29 is 14.9 Å². The second kappa shape index (κ2) is 5.60. The lowest BCUT2D eigenvalue weighted by molar-refractivity contribution is -0.121. The molecule has 3 atom stereocenters. The van der Waals surface area contributed by atoms with Crippen LogP contribution in [0.2, 0.25) is 6.82 Å². The van der Waals surface area contributed by atoms with Crippen LogP contribution in [0.5, 0.6) is 0 Å². The van der Waals surface area contributed by atoms with Crippen LogP contribution in [0.15, 0.2) is 0 Å². The predicted molar refractivity (Wildman–Crippen MR) is 50.6 cm³/mol. The molecular weight excluding hydrogens is 169 g/mol. The van der Waals surface area contributed by atoms with Crippen molar-refractivity contribution in [3.8, 4) is 0 Å². The summed E-state index contributed by atoms with van der Waals surface area (Å²) in [6.45, 7) is 3.03. The fourth-order valence-electron chi connectivity index (χ4n) is 1.43. The molecule has 0 aromatic carbocycles. The van der Waals surface area contributed by atoms with Crippen molar-refractivity contribution in [1.82, 2.24) is 5.23 Å². The van der Waals surface area contributed by atoms with Crippen LogP contribution in [0.3, 0.4) is 0 Å². The molecule has 3 unspecified atom stereocenters. The van der Waals surface area contributed by atoms with Crippen molar-refractivity contribution in [2.45, 2.75) is 38.0 Å². The van der Waals surface area contributed by atoms with E-state index >= 15 is 0 Å². The summed E-state index contributed by atoms with van der Waals surface area (Å²) >= 11 is 0. The first-order valence-electron chi connectivity index (χ1n) is 4.73. The SMILES string of the molecule is C[B]NCCC1CC(O)C(O)CO1. The van der Waals surface area contributed by atoms with Gasteiger partial charge in [0, 0.05) is 6.42 Å². The van der Waals surface area contributed by atoms with Gasteiger partial charge >= 0.3 is 0 Å². The quantitative estimate of drug-likeness (QED) is 0.395. The van der Waals surface area contributed by atoms with Gasteiger partial charge < -0.3 is 20.2 Å². The van der Waals surface area contributed by atoms with E-state index in [0.29, 0.717) is 6.42 Å². The van der Waals surface area contributed by atoms with Crippen LogP contribution in [-0.2, 0) is 4.74 Å². The smallest absolute Gasteiger partial charge is 0.201 e. The molecule has 0 spiro atoms. The summed E-state index contributed by atoms with van der Waals surface area (Å²) < 4.78 is 5.34. The Labute approximate surface area is 79.5 Å². The number of hydrogen-bond donors (Lipinski definition) is 3. The summed E-state index contributed by atoms with van der Waals surface area (Å²) in [4.78, 5) is 0. The number of rotatable bonds is 4. The first-order valence-corrected chi connectivity index (χ1v) is 4.73. The van der Waals surface area contributed by atoms with Crippen molar-refractivity contribution in [3.05, 3.63) is 0 Å². The van der Waals surface area contributed by atoms with Gasteiger partial charge in [0.05, 0.1) is 18.8 Å². The Balaban J connectivity index is 2.14. The van der Waals surface area contributed by atoms with Crippen LogP contribution in [0, 0.1) is 0 Å². The Morgan fingerprint density at radius 2 is 2.23 bits per heavy atom. The molecule has 13 heavy (non-hydrogen) atoms. The minimum atomic E-state index is -0.707. The van der Waals surface area contributed by atoms with Crippen LogP contribution in [0.1, 0.15) is 12.8 Å². The third-order valence-electron chi connectivity index (χ3n) is 2.27. The highest BCUT2D eigenvalue weighted by Crippen LogP contribution is 2.16. The maximum Gasteiger partial charge on any atom is 0.201 e. The molecule has 1 fully saturated rings. The normalized spacial score (nSPS) is 34.5. The Morgan fingerprint density at radius 3 is 2.85 bits per heavy atom. The molecule has 0 aromatic heterocycles. The number of aliphatic hydroxyl groups excluding tert-OH is 2. The standard InChI is InChI=1S/C8H17BNO3/c1-9-10-3-2-6-4-7(11)8(12)5-13-6/h6-8,10-12H,2-5H2,1H3. The largest absolute Gasteiger partial charge is 0.390 e. The Hall–Kier alpha value is -0.0951. The van der Waals surface area contributed by atoms with Crippen LogP contribution in [0.4, 0.5) is 0 Å². The maximum atomic E-state index is 9.35. The van der Waals surface area contributed by atoms with E-state index in [1.807, 2.05) is 14.2 Å². The third kappa shape index (κ3) is 3.64. The van der Waals surface area contributed by atoms with Crippen LogP contribution >= 0.6 is 0 Å². The first-order chi connectivity index (χ1) is 6.24. The molecule has 1 radical (unpaired) electrons. The molecule has 3 N–H and O–H groups in total. The van der Waals surface area contributed by atoms with Crippen LogP contribution in [0.25, 0.3) is 0 Å². The van der Waals surface area contributed by atoms with E-state index in [9.17, 15) is 10.2 Å². The monoisotopic (exact) mass is 186 g/mol. The molecule has 0 amide bonds. The van der Waals surface area contributed by atoms with Gasteiger partial charge in [0.1, 0.15) is 6.10 Å². The maximum absolute atomic E-state index is 9.35. The molecule has 0 aromatic rings. The van der Waals surface area contributed by atoms with Crippen molar-refractivity contribution in [1.29, 1.82) is 0 Å². The Bertz CT molecular complexity index is 147. The molecule has 1 aliphatic rings. The average Bonchev–Trinajstić information content (AvgIpc) is 2.12. The topological polar surface area (TPSA) is 61.7 Å². The van der Waals surface area contributed by atoms with Gasteiger partial charge in [-0.25, -0.2) is 0 Å². The zero-order valence-electron chi connectivity index (χ0n) is 7.94. The van der Waals surface area contributed by atoms with E-state index in [2.05, 4.69) is 5.23 Å². The molecule has 0 aliphatic carbocycles. The molecule has 4 nitrogen and oxygen atoms in total. The number of aliphatic hydroxyl groups is 2. The highest BCUT2D eigenvalue weighted by Gasteiger charge is 2.27. The molecule has 1 aliphatic heterocycles. The third-order valence-corrected chi connectivity index (χ3v) is 2.27. The van der Waals surface area contributed by atoms with E-state index in [0.717, 1.165) is 13.0 Å². The minimum absolute atomic E-state index is 0.0749. The summed E-state index contributed by atoms with van der Waals surface area (Å²) in [6.07, 6.45) is 0.151. The first kappa shape index (κ1) is 11.0. The second-order valence-electron chi connectivity index (χ2n) is 3.36. The molecule has 1 heterocycles. The molecule has 5 heteroatoms. The van der Waals surface area contributed by atoms with E-state index in [-0.39, 0.29) is 12.7 Å². The zero-order valence-corrected chi connectivity index (χ0v) is 7.94. The molecule has 1 rings (SSSR count). The zero-order chi connectivity index (χ0) is 9.68. The van der Waals surface area contributed by atoms with Gasteiger partial charge in [0.15, 0.2) is 0 Å². The highest BCUT2D eigenvalue weighted by molar-refractivity contribution is 6.29. The average molecular weight is 186 g/mol. The van der Waals surface area contributed by atoms with Gasteiger partial charge in [-0.1, -0.05) is 6.82 Å². The van der Waals surface area contributed by atoms with E-state index in [1.54, 1.807) is 0 Å². The van der Waals surface area contributed by atoms with Gasteiger partial charge in [-0.05, 0) is 13.0 Å². The van der Waals surface area contributed by atoms with Gasteiger partial charge in [0.25, 0.3) is 0 Å². The Morgan fingerprint density at radius 1 is 1.46 bits per heavy atom. The van der Waals surface area contributed by atoms with Crippen molar-refractivity contribution in [2.24, 2.45) is 0 Å². The second-order valence-corrected chi connectivity index (χ2v) is 3.36. The molecule has 1 saturated heterocycles. The predicted octanol–water partition coefficient (Wildman–Crippen LogP) is -0.856. The molecule has 75 valence electrons. The molecule has 0 bridgehead atoms. The summed E-state index contributed by atoms with van der Waals surface area (Å²) in [6, 6.07) is 0. The van der Waals surface area contributed by atoms with Crippen molar-refractivity contribution in [2.75, 3.05) is 13.2 Å². The van der Waals surface area contributed by atoms with Crippen molar-refractivity contribution >= 4 is 7.41 Å². The molecule has 0 saturated carbocycles. The number of ether oxygens (including phenoxy) is 1. The lowest BCUT2D eigenvalue weighted by Gasteiger charge is -2.30. The van der Waals surface area contributed by atoms with Crippen LogP contribution in [-0.4, -0.2) is 49.1 Å².